The number of aliphatic hydroxyl groups excluding tert-OH is 1. The first kappa shape index (κ1) is 13.6. The van der Waals surface area contributed by atoms with E-state index >= 15 is 0 Å². The predicted molar refractivity (Wildman–Crippen MR) is 75.7 cm³/mol. The van der Waals surface area contributed by atoms with E-state index in [1.165, 1.54) is 31.2 Å². The molecule has 0 aliphatic heterocycles. The highest BCUT2D eigenvalue weighted by Crippen LogP contribution is 2.32. The van der Waals surface area contributed by atoms with Crippen molar-refractivity contribution in [2.24, 2.45) is 0 Å². The van der Waals surface area contributed by atoms with E-state index in [0.29, 0.717) is 12.0 Å². The standard InChI is InChI=1S/C16H25NO/c1-13(18)11-12-17-16-10-6-5-9-15(16)14-7-3-2-4-8-14/h2-4,7-8,13,15-18H,5-6,9-12H2,1H3. The van der Waals surface area contributed by atoms with Crippen molar-refractivity contribution >= 4 is 0 Å². The third kappa shape index (κ3) is 3.82. The van der Waals surface area contributed by atoms with Gasteiger partial charge < -0.3 is 10.4 Å². The van der Waals surface area contributed by atoms with Crippen LogP contribution in [0.4, 0.5) is 0 Å². The van der Waals surface area contributed by atoms with Gasteiger partial charge in [0.2, 0.25) is 0 Å². The topological polar surface area (TPSA) is 32.3 Å². The third-order valence-corrected chi connectivity index (χ3v) is 3.96. The van der Waals surface area contributed by atoms with Crippen LogP contribution in [0.5, 0.6) is 0 Å². The minimum atomic E-state index is -0.198. The van der Waals surface area contributed by atoms with E-state index in [2.05, 4.69) is 35.6 Å². The van der Waals surface area contributed by atoms with Crippen LogP contribution in [0.3, 0.4) is 0 Å². The highest BCUT2D eigenvalue weighted by atomic mass is 16.3. The van der Waals surface area contributed by atoms with Gasteiger partial charge in [-0.1, -0.05) is 43.2 Å². The molecule has 1 aromatic rings. The molecule has 0 amide bonds. The van der Waals surface area contributed by atoms with Crippen molar-refractivity contribution in [2.45, 2.75) is 57.1 Å². The number of aliphatic hydroxyl groups is 1. The summed E-state index contributed by atoms with van der Waals surface area (Å²) in [4.78, 5) is 0. The number of hydrogen-bond acceptors (Lipinski definition) is 2. The quantitative estimate of drug-likeness (QED) is 0.838. The zero-order chi connectivity index (χ0) is 12.8. The van der Waals surface area contributed by atoms with Crippen LogP contribution in [0.15, 0.2) is 30.3 Å². The third-order valence-electron chi connectivity index (χ3n) is 3.96. The Morgan fingerprint density at radius 3 is 2.67 bits per heavy atom. The zero-order valence-electron chi connectivity index (χ0n) is 11.3. The van der Waals surface area contributed by atoms with E-state index in [1.807, 2.05) is 6.92 Å². The second kappa shape index (κ2) is 6.91. The molecule has 2 heteroatoms. The summed E-state index contributed by atoms with van der Waals surface area (Å²) in [5.41, 5.74) is 1.46. The monoisotopic (exact) mass is 247 g/mol. The Morgan fingerprint density at radius 2 is 1.94 bits per heavy atom. The molecule has 1 fully saturated rings. The molecule has 2 nitrogen and oxygen atoms in total. The molecular weight excluding hydrogens is 222 g/mol. The SMILES string of the molecule is CC(O)CCNC1CCCCC1c1ccccc1. The van der Waals surface area contributed by atoms with Crippen molar-refractivity contribution in [2.75, 3.05) is 6.54 Å². The Morgan fingerprint density at radius 1 is 1.22 bits per heavy atom. The zero-order valence-corrected chi connectivity index (χ0v) is 11.3. The molecular formula is C16H25NO. The Kier molecular flexibility index (Phi) is 5.21. The van der Waals surface area contributed by atoms with Gasteiger partial charge in [0, 0.05) is 6.04 Å². The Hall–Kier alpha value is -0.860. The van der Waals surface area contributed by atoms with Gasteiger partial charge >= 0.3 is 0 Å². The fourth-order valence-corrected chi connectivity index (χ4v) is 2.95. The molecule has 1 aromatic carbocycles. The summed E-state index contributed by atoms with van der Waals surface area (Å²) >= 11 is 0. The number of benzene rings is 1. The lowest BCUT2D eigenvalue weighted by atomic mass is 9.80. The summed E-state index contributed by atoms with van der Waals surface area (Å²) < 4.78 is 0. The molecule has 1 aliphatic carbocycles. The van der Waals surface area contributed by atoms with Crippen LogP contribution in [0.25, 0.3) is 0 Å². The van der Waals surface area contributed by atoms with Crippen molar-refractivity contribution in [3.8, 4) is 0 Å². The van der Waals surface area contributed by atoms with Gasteiger partial charge in [-0.15, -0.1) is 0 Å². The minimum Gasteiger partial charge on any atom is -0.393 e. The number of hydrogen-bond donors (Lipinski definition) is 2. The predicted octanol–water partition coefficient (Wildman–Crippen LogP) is 3.07. The summed E-state index contributed by atoms with van der Waals surface area (Å²) in [5, 5.41) is 13.0. The van der Waals surface area contributed by atoms with E-state index in [-0.39, 0.29) is 6.10 Å². The van der Waals surface area contributed by atoms with Crippen molar-refractivity contribution < 1.29 is 5.11 Å². The minimum absolute atomic E-state index is 0.198. The van der Waals surface area contributed by atoms with E-state index in [1.54, 1.807) is 0 Å². The molecule has 1 aliphatic rings. The maximum atomic E-state index is 9.32. The van der Waals surface area contributed by atoms with Gasteiger partial charge in [-0.25, -0.2) is 0 Å². The van der Waals surface area contributed by atoms with Crippen LogP contribution < -0.4 is 5.32 Å². The van der Waals surface area contributed by atoms with E-state index < -0.39 is 0 Å². The number of rotatable bonds is 5. The van der Waals surface area contributed by atoms with Crippen LogP contribution in [0.1, 0.15) is 50.5 Å². The summed E-state index contributed by atoms with van der Waals surface area (Å²) in [6.45, 7) is 2.78. The second-order valence-corrected chi connectivity index (χ2v) is 5.50. The lowest BCUT2D eigenvalue weighted by Crippen LogP contribution is -2.38. The summed E-state index contributed by atoms with van der Waals surface area (Å²) in [6, 6.07) is 11.4. The smallest absolute Gasteiger partial charge is 0.0524 e. The summed E-state index contributed by atoms with van der Waals surface area (Å²) in [7, 11) is 0. The molecule has 0 radical (unpaired) electrons. The lowest BCUT2D eigenvalue weighted by Gasteiger charge is -2.33. The largest absolute Gasteiger partial charge is 0.393 e. The normalized spacial score (nSPS) is 25.9. The van der Waals surface area contributed by atoms with Gasteiger partial charge in [0.1, 0.15) is 0 Å². The van der Waals surface area contributed by atoms with Crippen LogP contribution in [0.2, 0.25) is 0 Å². The highest BCUT2D eigenvalue weighted by molar-refractivity contribution is 5.21. The van der Waals surface area contributed by atoms with E-state index in [4.69, 9.17) is 0 Å². The molecule has 0 aromatic heterocycles. The van der Waals surface area contributed by atoms with Crippen molar-refractivity contribution in [3.05, 3.63) is 35.9 Å². The van der Waals surface area contributed by atoms with Gasteiger partial charge in [0.25, 0.3) is 0 Å². The fourth-order valence-electron chi connectivity index (χ4n) is 2.95. The number of nitrogens with one attached hydrogen (secondary N) is 1. The Bertz CT molecular complexity index is 336. The van der Waals surface area contributed by atoms with Gasteiger partial charge in [0.15, 0.2) is 0 Å². The molecule has 0 saturated heterocycles. The molecule has 2 N–H and O–H groups in total. The molecule has 18 heavy (non-hydrogen) atoms. The molecule has 0 spiro atoms. The summed E-state index contributed by atoms with van der Waals surface area (Å²) in [5.74, 6) is 0.647. The molecule has 100 valence electrons. The molecule has 0 heterocycles. The Balaban J connectivity index is 1.94. The van der Waals surface area contributed by atoms with Crippen molar-refractivity contribution in [3.63, 3.8) is 0 Å². The maximum Gasteiger partial charge on any atom is 0.0524 e. The lowest BCUT2D eigenvalue weighted by molar-refractivity contribution is 0.179. The average Bonchev–Trinajstić information content (AvgIpc) is 2.40. The summed E-state index contributed by atoms with van der Waals surface area (Å²) in [6.07, 6.45) is 5.87. The van der Waals surface area contributed by atoms with Crippen molar-refractivity contribution in [1.82, 2.24) is 5.32 Å². The molecule has 1 saturated carbocycles. The molecule has 0 bridgehead atoms. The average molecular weight is 247 g/mol. The van der Waals surface area contributed by atoms with Crippen LogP contribution in [-0.2, 0) is 0 Å². The van der Waals surface area contributed by atoms with Crippen LogP contribution in [0, 0.1) is 0 Å². The van der Waals surface area contributed by atoms with Gasteiger partial charge in [0.05, 0.1) is 6.10 Å². The maximum absolute atomic E-state index is 9.32. The van der Waals surface area contributed by atoms with E-state index in [0.717, 1.165) is 13.0 Å². The fraction of sp³-hybridized carbons (Fsp3) is 0.625. The van der Waals surface area contributed by atoms with Crippen molar-refractivity contribution in [1.29, 1.82) is 0 Å². The van der Waals surface area contributed by atoms with Crippen LogP contribution in [-0.4, -0.2) is 23.8 Å². The Labute approximate surface area is 110 Å². The van der Waals surface area contributed by atoms with E-state index in [9.17, 15) is 5.11 Å². The first-order valence-electron chi connectivity index (χ1n) is 7.24. The van der Waals surface area contributed by atoms with Gasteiger partial charge in [-0.3, -0.25) is 0 Å². The first-order chi connectivity index (χ1) is 8.77. The molecule has 3 atom stereocenters. The van der Waals surface area contributed by atoms with Crippen LogP contribution >= 0.6 is 0 Å². The molecule has 3 unspecified atom stereocenters. The second-order valence-electron chi connectivity index (χ2n) is 5.50. The molecule has 2 rings (SSSR count). The van der Waals surface area contributed by atoms with Gasteiger partial charge in [-0.05, 0) is 44.2 Å². The highest BCUT2D eigenvalue weighted by Gasteiger charge is 2.25. The first-order valence-corrected chi connectivity index (χ1v) is 7.24. The van der Waals surface area contributed by atoms with Gasteiger partial charge in [-0.2, -0.15) is 0 Å².